The van der Waals surface area contributed by atoms with E-state index < -0.39 is 29.6 Å². The summed E-state index contributed by atoms with van der Waals surface area (Å²) in [5.74, 6) is -3.29. The molecule has 1 N–H and O–H groups in total. The Hall–Kier alpha value is -1.72. The van der Waals surface area contributed by atoms with E-state index >= 15 is 0 Å². The lowest BCUT2D eigenvalue weighted by atomic mass is 10.0. The number of ether oxygens (including phenoxy) is 1. The molecule has 1 aromatic rings. The molecule has 6 heteroatoms. The summed E-state index contributed by atoms with van der Waals surface area (Å²) in [6.45, 7) is 0.0913. The molecule has 1 aromatic carbocycles. The Morgan fingerprint density at radius 3 is 2.75 bits per heavy atom. The molecule has 0 bridgehead atoms. The minimum Gasteiger partial charge on any atom is -0.449 e. The molecule has 0 aromatic heterocycles. The van der Waals surface area contributed by atoms with Gasteiger partial charge in [-0.2, -0.15) is 0 Å². The van der Waals surface area contributed by atoms with Crippen molar-refractivity contribution in [2.45, 2.75) is 12.5 Å². The number of benzene rings is 1. The Labute approximate surface area is 89.2 Å². The number of cyclic esters (lactones) is 1. The van der Waals surface area contributed by atoms with Crippen LogP contribution in [0.25, 0.3) is 0 Å². The summed E-state index contributed by atoms with van der Waals surface area (Å²) >= 11 is 0. The van der Waals surface area contributed by atoms with Gasteiger partial charge in [-0.05, 0) is 6.07 Å². The summed E-state index contributed by atoms with van der Waals surface area (Å²) < 4.78 is 43.8. The summed E-state index contributed by atoms with van der Waals surface area (Å²) in [5.41, 5.74) is -0.200. The van der Waals surface area contributed by atoms with Gasteiger partial charge in [0.05, 0.1) is 12.6 Å². The molecular weight excluding hydrogens is 223 g/mol. The molecule has 1 saturated heterocycles. The van der Waals surface area contributed by atoms with Crippen LogP contribution in [0.5, 0.6) is 0 Å². The minimum atomic E-state index is -1.27. The fourth-order valence-corrected chi connectivity index (χ4v) is 1.59. The molecule has 1 heterocycles. The van der Waals surface area contributed by atoms with Crippen molar-refractivity contribution >= 4 is 6.09 Å². The highest BCUT2D eigenvalue weighted by Crippen LogP contribution is 2.25. The zero-order chi connectivity index (χ0) is 11.7. The van der Waals surface area contributed by atoms with E-state index in [-0.39, 0.29) is 18.6 Å². The van der Waals surface area contributed by atoms with Gasteiger partial charge in [-0.1, -0.05) is 0 Å². The third kappa shape index (κ3) is 1.95. The van der Waals surface area contributed by atoms with Gasteiger partial charge in [0.25, 0.3) is 0 Å². The van der Waals surface area contributed by atoms with Crippen LogP contribution < -0.4 is 5.32 Å². The zero-order valence-electron chi connectivity index (χ0n) is 8.10. The Morgan fingerprint density at radius 2 is 2.06 bits per heavy atom. The van der Waals surface area contributed by atoms with E-state index in [1.165, 1.54) is 0 Å². The lowest BCUT2D eigenvalue weighted by Gasteiger charge is -2.24. The minimum absolute atomic E-state index is 0.0913. The van der Waals surface area contributed by atoms with Crippen LogP contribution in [0.3, 0.4) is 0 Å². The first kappa shape index (κ1) is 10.8. The summed E-state index contributed by atoms with van der Waals surface area (Å²) in [7, 11) is 0. The van der Waals surface area contributed by atoms with Gasteiger partial charge in [-0.3, -0.25) is 0 Å². The van der Waals surface area contributed by atoms with Crippen LogP contribution in [0, 0.1) is 17.5 Å². The molecule has 0 aliphatic carbocycles. The molecule has 1 amide bonds. The number of hydrogen-bond acceptors (Lipinski definition) is 2. The second-order valence-corrected chi connectivity index (χ2v) is 3.41. The second-order valence-electron chi connectivity index (χ2n) is 3.41. The van der Waals surface area contributed by atoms with Gasteiger partial charge in [-0.25, -0.2) is 18.0 Å². The first-order valence-electron chi connectivity index (χ1n) is 4.65. The first-order chi connectivity index (χ1) is 7.58. The number of nitrogens with one attached hydrogen (secondary N) is 1. The number of amides is 1. The van der Waals surface area contributed by atoms with E-state index in [0.29, 0.717) is 6.07 Å². The quantitative estimate of drug-likeness (QED) is 0.753. The molecule has 0 spiro atoms. The van der Waals surface area contributed by atoms with E-state index in [4.69, 9.17) is 0 Å². The van der Waals surface area contributed by atoms with Crippen molar-refractivity contribution in [2.75, 3.05) is 6.61 Å². The van der Waals surface area contributed by atoms with Crippen molar-refractivity contribution < 1.29 is 22.7 Å². The molecule has 1 atom stereocenters. The summed E-state index contributed by atoms with van der Waals surface area (Å²) in [6.07, 6.45) is -0.453. The Kier molecular flexibility index (Phi) is 2.72. The molecule has 0 radical (unpaired) electrons. The molecular formula is C10H8F3NO2. The number of alkyl carbamates (subject to hydrolysis) is 1. The van der Waals surface area contributed by atoms with E-state index in [1.54, 1.807) is 0 Å². The smallest absolute Gasteiger partial charge is 0.407 e. The Bertz CT molecular complexity index is 436. The molecule has 86 valence electrons. The van der Waals surface area contributed by atoms with Crippen LogP contribution >= 0.6 is 0 Å². The van der Waals surface area contributed by atoms with Crippen LogP contribution in [0.4, 0.5) is 18.0 Å². The number of carbonyl (C=O) groups excluding carboxylic acids is 1. The van der Waals surface area contributed by atoms with Crippen molar-refractivity contribution in [3.63, 3.8) is 0 Å². The average Bonchev–Trinajstić information content (AvgIpc) is 2.23. The van der Waals surface area contributed by atoms with Gasteiger partial charge in [0.1, 0.15) is 5.82 Å². The van der Waals surface area contributed by atoms with E-state index in [2.05, 4.69) is 10.1 Å². The lowest BCUT2D eigenvalue weighted by Crippen LogP contribution is -2.35. The number of hydrogen-bond donors (Lipinski definition) is 1. The number of halogens is 3. The van der Waals surface area contributed by atoms with Crippen molar-refractivity contribution in [1.82, 2.24) is 5.32 Å². The summed E-state index contributed by atoms with van der Waals surface area (Å²) in [6, 6.07) is 0.570. The van der Waals surface area contributed by atoms with Gasteiger partial charge in [-0.15, -0.1) is 0 Å². The van der Waals surface area contributed by atoms with Crippen LogP contribution in [0.2, 0.25) is 0 Å². The maximum absolute atomic E-state index is 13.4. The summed E-state index contributed by atoms with van der Waals surface area (Å²) in [4.78, 5) is 10.9. The highest BCUT2D eigenvalue weighted by atomic mass is 19.2. The highest BCUT2D eigenvalue weighted by Gasteiger charge is 2.25. The Morgan fingerprint density at radius 1 is 1.31 bits per heavy atom. The van der Waals surface area contributed by atoms with Gasteiger partial charge in [0.15, 0.2) is 11.6 Å². The van der Waals surface area contributed by atoms with E-state index in [1.807, 2.05) is 0 Å². The number of carbonyl (C=O) groups is 1. The van der Waals surface area contributed by atoms with Crippen LogP contribution in [0.15, 0.2) is 12.1 Å². The Balaban J connectivity index is 2.35. The maximum atomic E-state index is 13.4. The van der Waals surface area contributed by atoms with Crippen LogP contribution in [-0.4, -0.2) is 12.7 Å². The van der Waals surface area contributed by atoms with Crippen LogP contribution in [-0.2, 0) is 4.74 Å². The fraction of sp³-hybridized carbons (Fsp3) is 0.300. The summed E-state index contributed by atoms with van der Waals surface area (Å²) in [5, 5.41) is 2.29. The molecule has 16 heavy (non-hydrogen) atoms. The highest BCUT2D eigenvalue weighted by molar-refractivity contribution is 5.68. The number of rotatable bonds is 1. The average molecular weight is 231 g/mol. The standard InChI is InChI=1S/C10H8F3NO2/c11-5-3-6(9(13)7(12)4-5)8-1-2-16-10(15)14-8/h3-4,8H,1-2H2,(H,14,15)/t8-/m0/s1. The fourth-order valence-electron chi connectivity index (χ4n) is 1.59. The largest absolute Gasteiger partial charge is 0.449 e. The zero-order valence-corrected chi connectivity index (χ0v) is 8.10. The van der Waals surface area contributed by atoms with E-state index in [0.717, 1.165) is 6.07 Å². The third-order valence-corrected chi connectivity index (χ3v) is 2.33. The van der Waals surface area contributed by atoms with Crippen molar-refractivity contribution in [3.05, 3.63) is 35.1 Å². The second kappa shape index (κ2) is 4.03. The van der Waals surface area contributed by atoms with Crippen molar-refractivity contribution in [2.24, 2.45) is 0 Å². The molecule has 0 saturated carbocycles. The SMILES string of the molecule is O=C1N[C@H](c2cc(F)cc(F)c2F)CCO1. The van der Waals surface area contributed by atoms with Gasteiger partial charge in [0, 0.05) is 18.1 Å². The van der Waals surface area contributed by atoms with Gasteiger partial charge in [0.2, 0.25) is 0 Å². The monoisotopic (exact) mass is 231 g/mol. The third-order valence-electron chi connectivity index (χ3n) is 2.33. The predicted molar refractivity (Wildman–Crippen MR) is 48.2 cm³/mol. The molecule has 1 fully saturated rings. The van der Waals surface area contributed by atoms with Crippen LogP contribution in [0.1, 0.15) is 18.0 Å². The van der Waals surface area contributed by atoms with Gasteiger partial charge >= 0.3 is 6.09 Å². The molecule has 1 aliphatic rings. The topological polar surface area (TPSA) is 38.3 Å². The molecule has 2 rings (SSSR count). The van der Waals surface area contributed by atoms with E-state index in [9.17, 15) is 18.0 Å². The molecule has 1 aliphatic heterocycles. The lowest BCUT2D eigenvalue weighted by molar-refractivity contribution is 0.114. The normalized spacial score (nSPS) is 20.2. The molecule has 3 nitrogen and oxygen atoms in total. The first-order valence-corrected chi connectivity index (χ1v) is 4.65. The molecule has 0 unspecified atom stereocenters. The maximum Gasteiger partial charge on any atom is 0.407 e. The van der Waals surface area contributed by atoms with Gasteiger partial charge < -0.3 is 10.1 Å². The van der Waals surface area contributed by atoms with Crippen molar-refractivity contribution in [1.29, 1.82) is 0 Å². The van der Waals surface area contributed by atoms with Crippen molar-refractivity contribution in [3.8, 4) is 0 Å². The predicted octanol–water partition coefficient (Wildman–Crippen LogP) is 2.27.